The number of benzene rings is 3. The van der Waals surface area contributed by atoms with Crippen molar-refractivity contribution in [2.45, 2.75) is 52.5 Å². The molecule has 3 aromatic rings. The van der Waals surface area contributed by atoms with Crippen molar-refractivity contribution in [2.75, 3.05) is 45.2 Å². The Hall–Kier alpha value is -4.08. The van der Waals surface area contributed by atoms with Crippen LogP contribution in [0.3, 0.4) is 0 Å². The number of halogens is 1. The summed E-state index contributed by atoms with van der Waals surface area (Å²) in [5, 5.41) is 6.92. The summed E-state index contributed by atoms with van der Waals surface area (Å²) in [5.41, 5.74) is 5.09. The van der Waals surface area contributed by atoms with Crippen molar-refractivity contribution >= 4 is 23.7 Å². The predicted octanol–water partition coefficient (Wildman–Crippen LogP) is 6.57. The Morgan fingerprint density at radius 3 is 2.49 bits per heavy atom. The van der Waals surface area contributed by atoms with Crippen LogP contribution in [-0.2, 0) is 6.54 Å². The molecule has 0 atom stereocenters. The first kappa shape index (κ1) is 33.8. The number of rotatable bonds is 15. The molecule has 1 aliphatic carbocycles. The third kappa shape index (κ3) is 10.8. The number of carbonyl (C=O) groups excluding carboxylic acids is 2. The maximum atomic E-state index is 13.6. The molecule has 0 spiro atoms. The van der Waals surface area contributed by atoms with Crippen LogP contribution >= 0.6 is 0 Å². The summed E-state index contributed by atoms with van der Waals surface area (Å²) in [6.45, 7) is 9.58. The van der Waals surface area contributed by atoms with Crippen molar-refractivity contribution in [1.29, 1.82) is 0 Å². The average Bonchev–Trinajstić information content (AvgIpc) is 3.05. The molecule has 2 amide bonds. The van der Waals surface area contributed by atoms with E-state index in [1.54, 1.807) is 36.4 Å². The van der Waals surface area contributed by atoms with E-state index in [0.29, 0.717) is 41.6 Å². The molecule has 1 aliphatic rings. The van der Waals surface area contributed by atoms with Gasteiger partial charge in [-0.1, -0.05) is 57.4 Å². The van der Waals surface area contributed by atoms with Gasteiger partial charge in [-0.15, -0.1) is 0 Å². The fraction of sp³-hybridized carbons (Fsp3) is 0.417. The average molecular weight is 616 g/mol. The first-order chi connectivity index (χ1) is 21.8. The van der Waals surface area contributed by atoms with Gasteiger partial charge in [0.15, 0.2) is 0 Å². The minimum atomic E-state index is -0.523. The quantitative estimate of drug-likeness (QED) is 0.149. The minimum absolute atomic E-state index is 0.216. The first-order valence-electron chi connectivity index (χ1n) is 16.0. The molecule has 0 bridgehead atoms. The van der Waals surface area contributed by atoms with Gasteiger partial charge in [0.1, 0.15) is 11.6 Å². The van der Waals surface area contributed by atoms with Crippen LogP contribution in [0.15, 0.2) is 71.8 Å². The molecule has 0 aliphatic heterocycles. The van der Waals surface area contributed by atoms with E-state index in [2.05, 4.69) is 46.5 Å². The molecule has 4 rings (SSSR count). The maximum Gasteiger partial charge on any atom is 0.273 e. The van der Waals surface area contributed by atoms with E-state index in [9.17, 15) is 14.0 Å². The summed E-state index contributed by atoms with van der Waals surface area (Å²) in [7, 11) is 2.08. The number of hydrogen-bond donors (Lipinski definition) is 2. The van der Waals surface area contributed by atoms with Crippen molar-refractivity contribution in [3.05, 3.63) is 94.8 Å². The van der Waals surface area contributed by atoms with E-state index >= 15 is 0 Å². The Balaban J connectivity index is 1.47. The van der Waals surface area contributed by atoms with Crippen LogP contribution in [0.1, 0.15) is 77.8 Å². The maximum absolute atomic E-state index is 13.6. The molecule has 8 nitrogen and oxygen atoms in total. The molecule has 0 saturated heterocycles. The van der Waals surface area contributed by atoms with Gasteiger partial charge in [-0.25, -0.2) is 9.82 Å². The summed E-state index contributed by atoms with van der Waals surface area (Å²) < 4.78 is 19.6. The van der Waals surface area contributed by atoms with Crippen LogP contribution < -0.4 is 15.5 Å². The van der Waals surface area contributed by atoms with Crippen LogP contribution in [0.2, 0.25) is 0 Å². The van der Waals surface area contributed by atoms with Crippen LogP contribution in [0.4, 0.5) is 10.1 Å². The fourth-order valence-corrected chi connectivity index (χ4v) is 5.54. The summed E-state index contributed by atoms with van der Waals surface area (Å²) in [4.78, 5) is 31.3. The van der Waals surface area contributed by atoms with E-state index in [1.807, 2.05) is 18.2 Å². The standard InChI is InChI=1S/C36H46FN5O3/c1-4-42(5-2)20-19-41(3)25-29-14-9-15-30(21-29)35(43)39-34-18-17-32(45-26-27-11-7-6-8-12-27)23-33(34)36(44)40-38-24-28-13-10-16-31(37)22-28/h9-10,13-18,21-24,27H,4-8,11-12,19-20,25-26H2,1-3H3,(H,39,43)(H,40,44). The van der Waals surface area contributed by atoms with Gasteiger partial charge in [0.05, 0.1) is 24.1 Å². The fourth-order valence-electron chi connectivity index (χ4n) is 5.54. The molecule has 0 heterocycles. The highest BCUT2D eigenvalue weighted by molar-refractivity contribution is 6.09. The number of hydrazone groups is 1. The highest BCUT2D eigenvalue weighted by Gasteiger charge is 2.18. The summed E-state index contributed by atoms with van der Waals surface area (Å²) in [6.07, 6.45) is 7.34. The molecule has 1 fully saturated rings. The Bertz CT molecular complexity index is 1440. The topological polar surface area (TPSA) is 86.3 Å². The Morgan fingerprint density at radius 2 is 1.73 bits per heavy atom. The number of nitrogens with one attached hydrogen (secondary N) is 2. The first-order valence-corrected chi connectivity index (χ1v) is 16.0. The van der Waals surface area contributed by atoms with Gasteiger partial charge in [0, 0.05) is 25.2 Å². The van der Waals surface area contributed by atoms with Gasteiger partial charge in [-0.05, 0) is 92.5 Å². The highest BCUT2D eigenvalue weighted by Crippen LogP contribution is 2.27. The van der Waals surface area contributed by atoms with E-state index in [1.165, 1.54) is 37.6 Å². The van der Waals surface area contributed by atoms with Crippen molar-refractivity contribution in [3.8, 4) is 5.75 Å². The lowest BCUT2D eigenvalue weighted by Gasteiger charge is -2.23. The molecular weight excluding hydrogens is 569 g/mol. The minimum Gasteiger partial charge on any atom is -0.493 e. The van der Waals surface area contributed by atoms with Gasteiger partial charge in [0.2, 0.25) is 0 Å². The van der Waals surface area contributed by atoms with Crippen molar-refractivity contribution in [2.24, 2.45) is 11.0 Å². The molecule has 0 aromatic heterocycles. The Morgan fingerprint density at radius 1 is 0.956 bits per heavy atom. The number of carbonyl (C=O) groups is 2. The summed E-state index contributed by atoms with van der Waals surface area (Å²) in [5.74, 6) is -0.198. The second-order valence-corrected chi connectivity index (χ2v) is 11.7. The molecule has 2 N–H and O–H groups in total. The normalized spacial score (nSPS) is 13.8. The van der Waals surface area contributed by atoms with E-state index in [0.717, 1.165) is 44.6 Å². The van der Waals surface area contributed by atoms with Crippen LogP contribution in [0, 0.1) is 11.7 Å². The molecule has 1 saturated carbocycles. The molecule has 9 heteroatoms. The zero-order valence-electron chi connectivity index (χ0n) is 26.7. The van der Waals surface area contributed by atoms with E-state index in [4.69, 9.17) is 4.74 Å². The van der Waals surface area contributed by atoms with Gasteiger partial charge >= 0.3 is 0 Å². The van der Waals surface area contributed by atoms with E-state index < -0.39 is 11.7 Å². The summed E-state index contributed by atoms with van der Waals surface area (Å²) in [6, 6.07) is 18.5. The van der Waals surface area contributed by atoms with E-state index in [-0.39, 0.29) is 11.5 Å². The number of nitrogens with zero attached hydrogens (tertiary/aromatic N) is 3. The van der Waals surface area contributed by atoms with Crippen LogP contribution in [0.25, 0.3) is 0 Å². The monoisotopic (exact) mass is 615 g/mol. The molecule has 0 unspecified atom stereocenters. The Labute approximate surface area is 266 Å². The van der Waals surface area contributed by atoms with Crippen molar-refractivity contribution in [1.82, 2.24) is 15.2 Å². The molecule has 3 aromatic carbocycles. The van der Waals surface area contributed by atoms with Gasteiger partial charge < -0.3 is 19.9 Å². The zero-order valence-corrected chi connectivity index (χ0v) is 26.7. The third-order valence-electron chi connectivity index (χ3n) is 8.26. The second kappa shape index (κ2) is 17.4. The van der Waals surface area contributed by atoms with Crippen molar-refractivity contribution < 1.29 is 18.7 Å². The number of amides is 2. The molecular formula is C36H46FN5O3. The van der Waals surface area contributed by atoms with Crippen molar-refractivity contribution in [3.63, 3.8) is 0 Å². The second-order valence-electron chi connectivity index (χ2n) is 11.7. The van der Waals surface area contributed by atoms with Gasteiger partial charge in [-0.2, -0.15) is 5.10 Å². The van der Waals surface area contributed by atoms with Crippen LogP contribution in [-0.4, -0.2) is 67.7 Å². The largest absolute Gasteiger partial charge is 0.493 e. The van der Waals surface area contributed by atoms with Gasteiger partial charge in [-0.3, -0.25) is 9.59 Å². The molecule has 0 radical (unpaired) electrons. The molecule has 240 valence electrons. The van der Waals surface area contributed by atoms with Gasteiger partial charge in [0.25, 0.3) is 11.8 Å². The Kier molecular flexibility index (Phi) is 13.1. The molecule has 45 heavy (non-hydrogen) atoms. The predicted molar refractivity (Wildman–Crippen MR) is 178 cm³/mol. The number of anilines is 1. The SMILES string of the molecule is CCN(CC)CCN(C)Cc1cccc(C(=O)Nc2ccc(OCC3CCCCC3)cc2C(=O)NN=Cc2cccc(F)c2)c1. The lowest BCUT2D eigenvalue weighted by molar-refractivity contribution is 0.0955. The highest BCUT2D eigenvalue weighted by atomic mass is 19.1. The smallest absolute Gasteiger partial charge is 0.273 e. The number of likely N-dealkylation sites (N-methyl/N-ethyl adjacent to an activating group) is 2. The summed E-state index contributed by atoms with van der Waals surface area (Å²) >= 11 is 0. The lowest BCUT2D eigenvalue weighted by atomic mass is 9.90. The third-order valence-corrected chi connectivity index (χ3v) is 8.26. The van der Waals surface area contributed by atoms with Crippen LogP contribution in [0.5, 0.6) is 5.75 Å². The zero-order chi connectivity index (χ0) is 32.0. The lowest BCUT2D eigenvalue weighted by Crippen LogP contribution is -2.32. The number of hydrogen-bond acceptors (Lipinski definition) is 6. The number of ether oxygens (including phenoxy) is 1.